The smallest absolute Gasteiger partial charge is 0.325 e. The maximum absolute atomic E-state index is 14.7. The minimum absolute atomic E-state index is 0.0579. The lowest BCUT2D eigenvalue weighted by molar-refractivity contribution is -0.154. The molecule has 0 radical (unpaired) electrons. The van der Waals surface area contributed by atoms with Crippen LogP contribution in [0.15, 0.2) is 23.5 Å². The number of nitrogens with one attached hydrogen (secondary N) is 1. The van der Waals surface area contributed by atoms with Crippen molar-refractivity contribution in [3.8, 4) is 0 Å². The van der Waals surface area contributed by atoms with Crippen LogP contribution < -0.4 is 5.32 Å². The highest BCUT2D eigenvalue weighted by Crippen LogP contribution is 2.48. The van der Waals surface area contributed by atoms with Crippen LogP contribution in [0.2, 0.25) is 0 Å². The third-order valence-corrected chi connectivity index (χ3v) is 5.12. The summed E-state index contributed by atoms with van der Waals surface area (Å²) < 4.78 is 39.1. The Bertz CT molecular complexity index is 942. The third-order valence-electron chi connectivity index (χ3n) is 5.12. The fraction of sp³-hybridized carbons (Fsp3) is 0.476. The number of ketones is 1. The summed E-state index contributed by atoms with van der Waals surface area (Å²) >= 11 is 0. The molecule has 2 aliphatic rings. The van der Waals surface area contributed by atoms with Gasteiger partial charge in [-0.25, -0.2) is 8.78 Å². The van der Waals surface area contributed by atoms with Crippen molar-refractivity contribution in [1.29, 1.82) is 0 Å². The predicted molar refractivity (Wildman–Crippen MR) is 101 cm³/mol. The summed E-state index contributed by atoms with van der Waals surface area (Å²) in [5.74, 6) is -5.70. The van der Waals surface area contributed by atoms with Gasteiger partial charge in [0.25, 0.3) is 5.91 Å². The monoisotopic (exact) mass is 423 g/mol. The fourth-order valence-electron chi connectivity index (χ4n) is 3.84. The molecule has 1 fully saturated rings. The summed E-state index contributed by atoms with van der Waals surface area (Å²) in [6.45, 7) is 4.70. The number of benzene rings is 1. The van der Waals surface area contributed by atoms with E-state index in [4.69, 9.17) is 9.47 Å². The first kappa shape index (κ1) is 21.9. The van der Waals surface area contributed by atoms with Crippen molar-refractivity contribution in [2.24, 2.45) is 0 Å². The normalized spacial score (nSPS) is 18.2. The van der Waals surface area contributed by atoms with Gasteiger partial charge in [-0.15, -0.1) is 0 Å². The summed E-state index contributed by atoms with van der Waals surface area (Å²) in [5, 5.41) is 13.2. The van der Waals surface area contributed by atoms with Gasteiger partial charge >= 0.3 is 5.97 Å². The molecule has 2 N–H and O–H groups in total. The lowest BCUT2D eigenvalue weighted by atomic mass is 9.65. The number of Topliss-reactive ketones (excluding diaryl/α,β-unsaturated/α-hetero) is 1. The van der Waals surface area contributed by atoms with Gasteiger partial charge in [0.15, 0.2) is 11.6 Å². The van der Waals surface area contributed by atoms with E-state index in [2.05, 4.69) is 5.32 Å². The minimum Gasteiger partial charge on any atom is -0.510 e. The van der Waals surface area contributed by atoms with Crippen molar-refractivity contribution < 1.29 is 37.7 Å². The molecule has 1 heterocycles. The molecule has 1 spiro atoms. The zero-order valence-corrected chi connectivity index (χ0v) is 16.9. The molecule has 3 rings (SSSR count). The Morgan fingerprint density at radius 1 is 1.23 bits per heavy atom. The van der Waals surface area contributed by atoms with Gasteiger partial charge in [-0.05, 0) is 45.7 Å². The SMILES string of the molecule is CC(C)(C)OC(=O)CNC(=O)C1=C(O)C2(CCOCC2)c2c(ccc(F)c2F)C1=O. The van der Waals surface area contributed by atoms with E-state index in [9.17, 15) is 28.3 Å². The number of allylic oxidation sites excluding steroid dienone is 1. The second-order valence-corrected chi connectivity index (χ2v) is 8.30. The summed E-state index contributed by atoms with van der Waals surface area (Å²) in [6, 6.07) is 1.90. The molecule has 30 heavy (non-hydrogen) atoms. The molecule has 7 nitrogen and oxygen atoms in total. The Kier molecular flexibility index (Phi) is 5.68. The van der Waals surface area contributed by atoms with E-state index in [1.165, 1.54) is 0 Å². The summed E-state index contributed by atoms with van der Waals surface area (Å²) in [7, 11) is 0. The van der Waals surface area contributed by atoms with E-state index in [1.807, 2.05) is 0 Å². The van der Waals surface area contributed by atoms with Gasteiger partial charge in [-0.3, -0.25) is 14.4 Å². The Labute approximate surface area is 172 Å². The Morgan fingerprint density at radius 2 is 1.87 bits per heavy atom. The Hall–Kier alpha value is -2.81. The van der Waals surface area contributed by atoms with Crippen LogP contribution in [-0.4, -0.2) is 48.1 Å². The van der Waals surface area contributed by atoms with Gasteiger partial charge in [-0.1, -0.05) is 0 Å². The van der Waals surface area contributed by atoms with Crippen LogP contribution in [0.5, 0.6) is 0 Å². The average molecular weight is 423 g/mol. The quantitative estimate of drug-likeness (QED) is 0.572. The largest absolute Gasteiger partial charge is 0.510 e. The molecule has 0 saturated carbocycles. The zero-order chi connectivity index (χ0) is 22.3. The second-order valence-electron chi connectivity index (χ2n) is 8.30. The highest BCUT2D eigenvalue weighted by atomic mass is 19.2. The number of carbonyl (C=O) groups is 3. The molecule has 0 unspecified atom stereocenters. The summed E-state index contributed by atoms with van der Waals surface area (Å²) in [6.07, 6.45) is 0.116. The number of amides is 1. The van der Waals surface area contributed by atoms with Crippen LogP contribution in [0.25, 0.3) is 0 Å². The van der Waals surface area contributed by atoms with E-state index < -0.39 is 58.2 Å². The first-order chi connectivity index (χ1) is 14.0. The van der Waals surface area contributed by atoms with Crippen molar-refractivity contribution in [2.75, 3.05) is 19.8 Å². The van der Waals surface area contributed by atoms with Gasteiger partial charge in [-0.2, -0.15) is 0 Å². The van der Waals surface area contributed by atoms with Gasteiger partial charge < -0.3 is 19.9 Å². The van der Waals surface area contributed by atoms with E-state index >= 15 is 0 Å². The van der Waals surface area contributed by atoms with Crippen molar-refractivity contribution in [1.82, 2.24) is 5.32 Å². The van der Waals surface area contributed by atoms with E-state index in [0.29, 0.717) is 0 Å². The van der Waals surface area contributed by atoms with Crippen molar-refractivity contribution in [2.45, 2.75) is 44.6 Å². The molecule has 1 aromatic rings. The van der Waals surface area contributed by atoms with Crippen molar-refractivity contribution in [3.63, 3.8) is 0 Å². The van der Waals surface area contributed by atoms with Crippen molar-refractivity contribution >= 4 is 17.7 Å². The molecule has 9 heteroatoms. The summed E-state index contributed by atoms with van der Waals surface area (Å²) in [5.41, 5.74) is -3.30. The number of carbonyl (C=O) groups excluding carboxylic acids is 3. The minimum atomic E-state index is -1.47. The Morgan fingerprint density at radius 3 is 2.47 bits per heavy atom. The first-order valence-corrected chi connectivity index (χ1v) is 9.52. The van der Waals surface area contributed by atoms with Gasteiger partial charge in [0.2, 0.25) is 5.78 Å². The number of esters is 1. The maximum atomic E-state index is 14.7. The molecule has 162 valence electrons. The molecule has 0 bridgehead atoms. The zero-order valence-electron chi connectivity index (χ0n) is 16.9. The van der Waals surface area contributed by atoms with Gasteiger partial charge in [0, 0.05) is 24.3 Å². The molecular weight excluding hydrogens is 400 g/mol. The molecule has 1 aliphatic carbocycles. The number of fused-ring (bicyclic) bond motifs is 2. The van der Waals surface area contributed by atoms with E-state index in [1.54, 1.807) is 20.8 Å². The highest BCUT2D eigenvalue weighted by molar-refractivity contribution is 6.27. The number of hydrogen-bond acceptors (Lipinski definition) is 6. The number of halogens is 2. The number of ether oxygens (including phenoxy) is 2. The van der Waals surface area contributed by atoms with Gasteiger partial charge in [0.05, 0.1) is 5.41 Å². The van der Waals surface area contributed by atoms with Crippen LogP contribution >= 0.6 is 0 Å². The number of hydrogen-bond donors (Lipinski definition) is 2. The number of aliphatic hydroxyl groups excluding tert-OH is 1. The molecule has 0 aromatic heterocycles. The fourth-order valence-corrected chi connectivity index (χ4v) is 3.84. The number of aliphatic hydroxyl groups is 1. The first-order valence-electron chi connectivity index (χ1n) is 9.52. The lowest BCUT2D eigenvalue weighted by Gasteiger charge is -2.41. The number of rotatable bonds is 3. The van der Waals surface area contributed by atoms with E-state index in [0.717, 1.165) is 12.1 Å². The average Bonchev–Trinajstić information content (AvgIpc) is 2.66. The van der Waals surface area contributed by atoms with Crippen molar-refractivity contribution in [3.05, 3.63) is 46.2 Å². The van der Waals surface area contributed by atoms with Crippen LogP contribution in [0.3, 0.4) is 0 Å². The van der Waals surface area contributed by atoms with Crippen LogP contribution in [0.1, 0.15) is 49.5 Å². The molecular formula is C21H23F2NO6. The van der Waals surface area contributed by atoms with Gasteiger partial charge in [0.1, 0.15) is 23.5 Å². The molecule has 0 atom stereocenters. The molecule has 1 aliphatic heterocycles. The maximum Gasteiger partial charge on any atom is 0.325 e. The highest BCUT2D eigenvalue weighted by Gasteiger charge is 2.50. The standard InChI is InChI=1S/C21H23F2NO6/c1-20(2,3)30-13(25)10-24-19(28)14-17(26)11-4-5-12(22)16(23)15(11)21(18(14)27)6-8-29-9-7-21/h4-5,27H,6-10H2,1-3H3,(H,24,28). The lowest BCUT2D eigenvalue weighted by Crippen LogP contribution is -2.45. The van der Waals surface area contributed by atoms with Crippen LogP contribution in [0.4, 0.5) is 8.78 Å². The topological polar surface area (TPSA) is 102 Å². The molecule has 1 amide bonds. The third kappa shape index (κ3) is 3.81. The predicted octanol–water partition coefficient (Wildman–Crippen LogP) is 2.48. The molecule has 1 aromatic carbocycles. The van der Waals surface area contributed by atoms with E-state index in [-0.39, 0.29) is 37.2 Å². The Balaban J connectivity index is 1.99. The molecule has 1 saturated heterocycles. The second kappa shape index (κ2) is 7.79. The summed E-state index contributed by atoms with van der Waals surface area (Å²) in [4.78, 5) is 37.5. The van der Waals surface area contributed by atoms with Crippen LogP contribution in [0, 0.1) is 11.6 Å². The van der Waals surface area contributed by atoms with Crippen LogP contribution in [-0.2, 0) is 24.5 Å².